The molecule has 6 aromatic rings. The number of ether oxygens (including phenoxy) is 2. The highest BCUT2D eigenvalue weighted by atomic mass is 32.1. The van der Waals surface area contributed by atoms with Gasteiger partial charge in [0.15, 0.2) is 0 Å². The van der Waals surface area contributed by atoms with Gasteiger partial charge in [0.1, 0.15) is 22.5 Å². The third-order valence-electron chi connectivity index (χ3n) is 9.97. The van der Waals surface area contributed by atoms with Crippen LogP contribution in [0.1, 0.15) is 117 Å². The fourth-order valence-electron chi connectivity index (χ4n) is 6.82. The van der Waals surface area contributed by atoms with E-state index in [-0.39, 0.29) is 0 Å². The monoisotopic (exact) mass is 764 g/mol. The molecule has 0 aliphatic carbocycles. The largest absolute Gasteiger partial charge is 0.494 e. The average molecular weight is 765 g/mol. The van der Waals surface area contributed by atoms with Crippen LogP contribution in [0.25, 0.3) is 52.8 Å². The van der Waals surface area contributed by atoms with E-state index in [0.29, 0.717) is 0 Å². The lowest BCUT2D eigenvalue weighted by molar-refractivity contribution is 0.304. The molecule has 0 atom stereocenters. The molecule has 0 amide bonds. The predicted molar refractivity (Wildman–Crippen MR) is 231 cm³/mol. The van der Waals surface area contributed by atoms with Crippen LogP contribution in [0.15, 0.2) is 84.9 Å². The van der Waals surface area contributed by atoms with Crippen molar-refractivity contribution in [2.45, 2.75) is 117 Å². The van der Waals surface area contributed by atoms with Gasteiger partial charge in [-0.3, -0.25) is 0 Å². The number of benzene rings is 3. The molecule has 0 N–H and O–H groups in total. The normalized spacial score (nSPS) is 11.4. The number of rotatable bonds is 24. The van der Waals surface area contributed by atoms with E-state index in [9.17, 15) is 0 Å². The lowest BCUT2D eigenvalue weighted by Gasteiger charge is -2.07. The van der Waals surface area contributed by atoms with Gasteiger partial charge in [0.25, 0.3) is 0 Å². The van der Waals surface area contributed by atoms with E-state index in [1.54, 1.807) is 22.7 Å². The Hall–Kier alpha value is -3.52. The Morgan fingerprint density at radius 3 is 1.15 bits per heavy atom. The summed E-state index contributed by atoms with van der Waals surface area (Å²) in [5, 5.41) is 0. The summed E-state index contributed by atoms with van der Waals surface area (Å²) in [4.78, 5) is 4.89. The molecule has 7 heteroatoms. The lowest BCUT2D eigenvalue weighted by Crippen LogP contribution is -1.97. The first kappa shape index (κ1) is 39.2. The Kier molecular flexibility index (Phi) is 15.8. The van der Waals surface area contributed by atoms with Gasteiger partial charge in [-0.05, 0) is 96.8 Å². The summed E-state index contributed by atoms with van der Waals surface area (Å²) in [5.74, 6) is 1.90. The predicted octanol–water partition coefficient (Wildman–Crippen LogP) is 15.5. The fraction of sp³-hybridized carbons (Fsp3) is 0.435. The van der Waals surface area contributed by atoms with E-state index < -0.39 is 0 Å². The van der Waals surface area contributed by atoms with Crippen molar-refractivity contribution in [1.82, 2.24) is 8.75 Å². The van der Waals surface area contributed by atoms with E-state index in [1.807, 2.05) is 0 Å². The molecule has 0 saturated heterocycles. The Balaban J connectivity index is 1.01. The Labute approximate surface area is 330 Å². The van der Waals surface area contributed by atoms with Crippen LogP contribution in [-0.4, -0.2) is 22.0 Å². The zero-order valence-corrected chi connectivity index (χ0v) is 34.2. The summed E-state index contributed by atoms with van der Waals surface area (Å²) >= 11 is 4.89. The second kappa shape index (κ2) is 21.4. The molecule has 53 heavy (non-hydrogen) atoms. The van der Waals surface area contributed by atoms with Crippen molar-refractivity contribution in [2.24, 2.45) is 0 Å². The van der Waals surface area contributed by atoms with Gasteiger partial charge in [-0.25, -0.2) is 0 Å². The second-order valence-electron chi connectivity index (χ2n) is 14.1. The van der Waals surface area contributed by atoms with Crippen molar-refractivity contribution in [2.75, 3.05) is 13.2 Å². The van der Waals surface area contributed by atoms with Crippen molar-refractivity contribution in [3.63, 3.8) is 0 Å². The minimum atomic E-state index is 0.792. The average Bonchev–Trinajstić information content (AvgIpc) is 3.99. The smallest absolute Gasteiger partial charge is 0.119 e. The van der Waals surface area contributed by atoms with Gasteiger partial charge in [0.05, 0.1) is 24.9 Å². The van der Waals surface area contributed by atoms with Crippen molar-refractivity contribution in [1.29, 1.82) is 0 Å². The van der Waals surface area contributed by atoms with E-state index in [0.717, 1.165) is 59.7 Å². The van der Waals surface area contributed by atoms with Crippen LogP contribution in [0.3, 0.4) is 0 Å². The molecule has 3 aromatic heterocycles. The van der Waals surface area contributed by atoms with E-state index >= 15 is 0 Å². The summed E-state index contributed by atoms with van der Waals surface area (Å²) in [7, 11) is 0. The summed E-state index contributed by atoms with van der Waals surface area (Å²) in [6.07, 6.45) is 21.0. The first-order valence-electron chi connectivity index (χ1n) is 20.2. The topological polar surface area (TPSA) is 44.2 Å². The maximum Gasteiger partial charge on any atom is 0.119 e. The molecule has 4 nitrogen and oxygen atoms in total. The molecular weight excluding hydrogens is 709 g/mol. The molecule has 0 unspecified atom stereocenters. The molecule has 3 heterocycles. The molecule has 3 aromatic carbocycles. The quantitative estimate of drug-likeness (QED) is 0.0576. The maximum atomic E-state index is 6.05. The SMILES string of the molecule is CCCCCCCCCCOc1ccc(-c2ccc(-c3ccc(-c4ccc(-c5ccc(OCCCCCCCCCC)cc5)s4)c4nsnc34)s2)cc1. The zero-order valence-electron chi connectivity index (χ0n) is 31.7. The van der Waals surface area contributed by atoms with Crippen LogP contribution in [-0.2, 0) is 0 Å². The highest BCUT2D eigenvalue weighted by Gasteiger charge is 2.17. The van der Waals surface area contributed by atoms with Crippen LogP contribution in [0, 0.1) is 0 Å². The van der Waals surface area contributed by atoms with E-state index in [2.05, 4.69) is 98.8 Å². The fourth-order valence-corrected chi connectivity index (χ4v) is 9.47. The van der Waals surface area contributed by atoms with E-state index in [4.69, 9.17) is 18.2 Å². The molecule has 0 aliphatic rings. The summed E-state index contributed by atoms with van der Waals surface area (Å²) in [5.41, 5.74) is 6.63. The van der Waals surface area contributed by atoms with Gasteiger partial charge < -0.3 is 9.47 Å². The van der Waals surface area contributed by atoms with Crippen molar-refractivity contribution in [3.05, 3.63) is 84.9 Å². The van der Waals surface area contributed by atoms with Crippen LogP contribution >= 0.6 is 34.4 Å². The van der Waals surface area contributed by atoms with Crippen LogP contribution < -0.4 is 9.47 Å². The molecule has 0 radical (unpaired) electrons. The van der Waals surface area contributed by atoms with Crippen LogP contribution in [0.4, 0.5) is 0 Å². The van der Waals surface area contributed by atoms with Gasteiger partial charge in [-0.2, -0.15) is 8.75 Å². The van der Waals surface area contributed by atoms with Crippen molar-refractivity contribution < 1.29 is 9.47 Å². The standard InChI is InChI=1S/C46H56N2O2S3/c1-3-5-7-9-11-13-15-17-33-49-37-23-19-35(20-24-37)41-29-31-43(51-41)39-27-28-40(46-45(39)47-53-48-46)44-32-30-42(52-44)36-21-25-38(26-22-36)50-34-18-16-14-12-10-8-6-4-2/h19-32H,3-18,33-34H2,1-2H3. The Bertz CT molecular complexity index is 1780. The molecular formula is C46H56N2O2S3. The number of thiophene rings is 2. The van der Waals surface area contributed by atoms with Gasteiger partial charge in [0, 0.05) is 30.6 Å². The highest BCUT2D eigenvalue weighted by molar-refractivity contribution is 7.19. The third kappa shape index (κ3) is 11.5. The van der Waals surface area contributed by atoms with Gasteiger partial charge in [-0.15, -0.1) is 22.7 Å². The van der Waals surface area contributed by atoms with Gasteiger partial charge in [-0.1, -0.05) is 116 Å². The molecule has 0 bridgehead atoms. The van der Waals surface area contributed by atoms with Crippen molar-refractivity contribution in [3.8, 4) is 53.3 Å². The van der Waals surface area contributed by atoms with Crippen LogP contribution in [0.2, 0.25) is 0 Å². The maximum absolute atomic E-state index is 6.05. The number of fused-ring (bicyclic) bond motifs is 1. The highest BCUT2D eigenvalue weighted by Crippen LogP contribution is 2.42. The first-order valence-corrected chi connectivity index (χ1v) is 22.5. The number of hydrogen-bond donors (Lipinski definition) is 0. The van der Waals surface area contributed by atoms with Gasteiger partial charge >= 0.3 is 0 Å². The molecule has 0 saturated carbocycles. The molecule has 0 aliphatic heterocycles. The number of hydrogen-bond acceptors (Lipinski definition) is 7. The van der Waals surface area contributed by atoms with E-state index in [1.165, 1.54) is 132 Å². The first-order chi connectivity index (χ1) is 26.2. The zero-order chi connectivity index (χ0) is 36.5. The minimum absolute atomic E-state index is 0.792. The van der Waals surface area contributed by atoms with Crippen molar-refractivity contribution >= 4 is 45.4 Å². The number of nitrogens with zero attached hydrogens (tertiary/aromatic N) is 2. The number of aromatic nitrogens is 2. The van der Waals surface area contributed by atoms with Gasteiger partial charge in [0.2, 0.25) is 0 Å². The Morgan fingerprint density at radius 1 is 0.396 bits per heavy atom. The lowest BCUT2D eigenvalue weighted by atomic mass is 10.1. The summed E-state index contributed by atoms with van der Waals surface area (Å²) in [6, 6.07) is 30.4. The van der Waals surface area contributed by atoms with Crippen LogP contribution in [0.5, 0.6) is 11.5 Å². The molecule has 280 valence electrons. The Morgan fingerprint density at radius 2 is 0.755 bits per heavy atom. The third-order valence-corrected chi connectivity index (χ3v) is 12.8. The molecule has 0 fully saturated rings. The second-order valence-corrected chi connectivity index (χ2v) is 16.8. The summed E-state index contributed by atoms with van der Waals surface area (Å²) < 4.78 is 21.7. The molecule has 6 rings (SSSR count). The summed E-state index contributed by atoms with van der Waals surface area (Å²) in [6.45, 7) is 6.13. The molecule has 0 spiro atoms. The minimum Gasteiger partial charge on any atom is -0.494 e. The number of unbranched alkanes of at least 4 members (excludes halogenated alkanes) is 14.